The molecule has 31 heavy (non-hydrogen) atoms. The van der Waals surface area contributed by atoms with Crippen LogP contribution in [-0.2, 0) is 4.79 Å². The van der Waals surface area contributed by atoms with Crippen molar-refractivity contribution in [2.24, 2.45) is 0 Å². The normalized spacial score (nSPS) is 15.6. The summed E-state index contributed by atoms with van der Waals surface area (Å²) in [7, 11) is 0. The topological polar surface area (TPSA) is 65.8 Å². The van der Waals surface area contributed by atoms with Gasteiger partial charge in [-0.15, -0.1) is 0 Å². The average Bonchev–Trinajstić information content (AvgIpc) is 3.36. The Balaban J connectivity index is 1.40. The lowest BCUT2D eigenvalue weighted by Gasteiger charge is -2.40. The molecule has 4 rings (SSSR count). The molecule has 3 aromatic rings. The highest BCUT2D eigenvalue weighted by molar-refractivity contribution is 5.97. The van der Waals surface area contributed by atoms with E-state index in [0.29, 0.717) is 18.7 Å². The van der Waals surface area contributed by atoms with Crippen LogP contribution in [0.25, 0.3) is 0 Å². The van der Waals surface area contributed by atoms with Crippen LogP contribution in [0.5, 0.6) is 0 Å². The van der Waals surface area contributed by atoms with Crippen LogP contribution in [0.3, 0.4) is 0 Å². The van der Waals surface area contributed by atoms with Crippen molar-refractivity contribution in [3.05, 3.63) is 95.9 Å². The summed E-state index contributed by atoms with van der Waals surface area (Å²) >= 11 is 0. The zero-order valence-corrected chi connectivity index (χ0v) is 17.6. The minimum atomic E-state index is -0.590. The predicted molar refractivity (Wildman–Crippen MR) is 119 cm³/mol. The molecule has 1 unspecified atom stereocenters. The van der Waals surface area contributed by atoms with E-state index >= 15 is 0 Å². The Labute approximate surface area is 182 Å². The van der Waals surface area contributed by atoms with Gasteiger partial charge in [0.1, 0.15) is 12.3 Å². The maximum atomic E-state index is 12.9. The number of nitrogens with zero attached hydrogens (tertiary/aromatic N) is 2. The summed E-state index contributed by atoms with van der Waals surface area (Å²) in [4.78, 5) is 29.4. The second kappa shape index (κ2) is 9.62. The number of hydrogen-bond donors (Lipinski definition) is 1. The number of furan rings is 1. The quantitative estimate of drug-likeness (QED) is 0.668. The van der Waals surface area contributed by atoms with Gasteiger partial charge in [0.15, 0.2) is 0 Å². The Morgan fingerprint density at radius 3 is 1.97 bits per heavy atom. The standard InChI is InChI=1S/C25H27N3O3/c1-19(26-24(29)22-12-17-31-18-22)25(30)28-15-13-27(14-16-28)23(20-8-4-2-5-9-20)21-10-6-3-7-11-21/h2-12,17-19,23H,13-16H2,1H3,(H,26,29). The molecule has 0 aliphatic carbocycles. The van der Waals surface area contributed by atoms with Crippen molar-refractivity contribution in [2.75, 3.05) is 26.2 Å². The monoisotopic (exact) mass is 417 g/mol. The largest absolute Gasteiger partial charge is 0.472 e. The van der Waals surface area contributed by atoms with Crippen molar-refractivity contribution >= 4 is 11.8 Å². The smallest absolute Gasteiger partial charge is 0.255 e. The SMILES string of the molecule is CC(NC(=O)c1ccoc1)C(=O)N1CCN(C(c2ccccc2)c2ccccc2)CC1. The molecule has 2 aromatic carbocycles. The number of carbonyl (C=O) groups is 2. The van der Waals surface area contributed by atoms with Crippen molar-refractivity contribution in [3.8, 4) is 0 Å². The summed E-state index contributed by atoms with van der Waals surface area (Å²) in [5.41, 5.74) is 2.90. The second-order valence-corrected chi connectivity index (χ2v) is 7.79. The number of amides is 2. The molecular weight excluding hydrogens is 390 g/mol. The highest BCUT2D eigenvalue weighted by Crippen LogP contribution is 2.29. The zero-order valence-electron chi connectivity index (χ0n) is 17.6. The molecule has 1 N–H and O–H groups in total. The molecule has 160 valence electrons. The van der Waals surface area contributed by atoms with E-state index in [0.717, 1.165) is 13.1 Å². The van der Waals surface area contributed by atoms with Gasteiger partial charge < -0.3 is 14.6 Å². The van der Waals surface area contributed by atoms with Gasteiger partial charge in [-0.05, 0) is 24.1 Å². The third kappa shape index (κ3) is 4.86. The molecule has 2 amide bonds. The summed E-state index contributed by atoms with van der Waals surface area (Å²) in [6.45, 7) is 4.51. The fourth-order valence-electron chi connectivity index (χ4n) is 4.09. The van der Waals surface area contributed by atoms with Crippen molar-refractivity contribution < 1.29 is 14.0 Å². The molecule has 6 heteroatoms. The predicted octanol–water partition coefficient (Wildman–Crippen LogP) is 3.33. The summed E-state index contributed by atoms with van der Waals surface area (Å²) in [5.74, 6) is -0.367. The zero-order chi connectivity index (χ0) is 21.6. The van der Waals surface area contributed by atoms with Crippen LogP contribution < -0.4 is 5.32 Å². The van der Waals surface area contributed by atoms with Crippen molar-refractivity contribution in [1.29, 1.82) is 0 Å². The fraction of sp³-hybridized carbons (Fsp3) is 0.280. The van der Waals surface area contributed by atoms with Crippen LogP contribution in [-0.4, -0.2) is 53.8 Å². The van der Waals surface area contributed by atoms with Crippen molar-refractivity contribution in [1.82, 2.24) is 15.1 Å². The van der Waals surface area contributed by atoms with Gasteiger partial charge in [-0.25, -0.2) is 0 Å². The molecule has 0 spiro atoms. The second-order valence-electron chi connectivity index (χ2n) is 7.79. The van der Waals surface area contributed by atoms with Crippen molar-refractivity contribution in [3.63, 3.8) is 0 Å². The van der Waals surface area contributed by atoms with Gasteiger partial charge in [-0.3, -0.25) is 14.5 Å². The van der Waals surface area contributed by atoms with Gasteiger partial charge >= 0.3 is 0 Å². The fourth-order valence-corrected chi connectivity index (χ4v) is 4.09. The highest BCUT2D eigenvalue weighted by Gasteiger charge is 2.30. The summed E-state index contributed by atoms with van der Waals surface area (Å²) in [6.07, 6.45) is 2.81. The first-order valence-electron chi connectivity index (χ1n) is 10.6. The van der Waals surface area contributed by atoms with E-state index in [1.807, 2.05) is 17.0 Å². The van der Waals surface area contributed by atoms with E-state index in [4.69, 9.17) is 4.42 Å². The lowest BCUT2D eigenvalue weighted by Crippen LogP contribution is -2.54. The summed E-state index contributed by atoms with van der Waals surface area (Å²) in [6, 6.07) is 22.1. The molecule has 1 atom stereocenters. The van der Waals surface area contributed by atoms with Crippen LogP contribution in [0.15, 0.2) is 83.7 Å². The van der Waals surface area contributed by atoms with Crippen LogP contribution in [0.1, 0.15) is 34.5 Å². The van der Waals surface area contributed by atoms with Crippen molar-refractivity contribution in [2.45, 2.75) is 19.0 Å². The molecule has 6 nitrogen and oxygen atoms in total. The first-order valence-corrected chi connectivity index (χ1v) is 10.6. The van der Waals surface area contributed by atoms with Gasteiger partial charge in [-0.1, -0.05) is 60.7 Å². The van der Waals surface area contributed by atoms with Gasteiger partial charge in [0, 0.05) is 26.2 Å². The average molecular weight is 418 g/mol. The molecule has 1 aliphatic rings. The molecule has 1 saturated heterocycles. The number of benzene rings is 2. The highest BCUT2D eigenvalue weighted by atomic mass is 16.3. The molecule has 2 heterocycles. The lowest BCUT2D eigenvalue weighted by molar-refractivity contribution is -0.134. The Morgan fingerprint density at radius 1 is 0.871 bits per heavy atom. The molecule has 0 bridgehead atoms. The van der Waals surface area contributed by atoms with Gasteiger partial charge in [0.05, 0.1) is 17.9 Å². The van der Waals surface area contributed by atoms with Gasteiger partial charge in [0.2, 0.25) is 5.91 Å². The molecular formula is C25H27N3O3. The first-order chi connectivity index (χ1) is 15.1. The van der Waals surface area contributed by atoms with E-state index in [1.54, 1.807) is 13.0 Å². The Kier molecular flexibility index (Phi) is 6.48. The number of piperazine rings is 1. The third-order valence-electron chi connectivity index (χ3n) is 5.72. The Morgan fingerprint density at radius 2 is 1.45 bits per heavy atom. The van der Waals surface area contributed by atoms with Crippen LogP contribution in [0, 0.1) is 0 Å². The molecule has 0 radical (unpaired) electrons. The van der Waals surface area contributed by atoms with Gasteiger partial charge in [-0.2, -0.15) is 0 Å². The molecule has 1 fully saturated rings. The van der Waals surface area contributed by atoms with E-state index < -0.39 is 6.04 Å². The molecule has 1 aliphatic heterocycles. The summed E-state index contributed by atoms with van der Waals surface area (Å²) in [5, 5.41) is 2.76. The van der Waals surface area contributed by atoms with E-state index in [2.05, 4.69) is 58.7 Å². The minimum Gasteiger partial charge on any atom is -0.472 e. The van der Waals surface area contributed by atoms with Crippen LogP contribution in [0.2, 0.25) is 0 Å². The lowest BCUT2D eigenvalue weighted by atomic mass is 9.96. The maximum absolute atomic E-state index is 12.9. The molecule has 1 aromatic heterocycles. The summed E-state index contributed by atoms with van der Waals surface area (Å²) < 4.78 is 4.94. The number of nitrogens with one attached hydrogen (secondary N) is 1. The van der Waals surface area contributed by atoms with E-state index in [9.17, 15) is 9.59 Å². The third-order valence-corrected chi connectivity index (χ3v) is 5.72. The Hall–Kier alpha value is -3.38. The minimum absolute atomic E-state index is 0.0625. The maximum Gasteiger partial charge on any atom is 0.255 e. The van der Waals surface area contributed by atoms with Gasteiger partial charge in [0.25, 0.3) is 5.91 Å². The number of rotatable bonds is 6. The van der Waals surface area contributed by atoms with E-state index in [-0.39, 0.29) is 17.9 Å². The number of hydrogen-bond acceptors (Lipinski definition) is 4. The van der Waals surface area contributed by atoms with Crippen LogP contribution >= 0.6 is 0 Å². The first kappa shape index (κ1) is 20.9. The Bertz CT molecular complexity index is 942. The van der Waals surface area contributed by atoms with Crippen LogP contribution in [0.4, 0.5) is 0 Å². The number of carbonyl (C=O) groups excluding carboxylic acids is 2. The van der Waals surface area contributed by atoms with E-state index in [1.165, 1.54) is 23.7 Å². The molecule has 0 saturated carbocycles.